The van der Waals surface area contributed by atoms with Crippen LogP contribution in [0.15, 0.2) is 6.20 Å². The number of nitrogens with one attached hydrogen (secondary N) is 1. The van der Waals surface area contributed by atoms with Crippen molar-refractivity contribution in [2.45, 2.75) is 65.0 Å². The summed E-state index contributed by atoms with van der Waals surface area (Å²) in [7, 11) is 0. The molecule has 0 aromatic carbocycles. The Morgan fingerprint density at radius 2 is 2.06 bits per heavy atom. The predicted octanol–water partition coefficient (Wildman–Crippen LogP) is 3.21. The second-order valence-electron chi connectivity index (χ2n) is 4.68. The van der Waals surface area contributed by atoms with Crippen molar-refractivity contribution in [1.82, 2.24) is 9.78 Å². The van der Waals surface area contributed by atoms with Crippen LogP contribution in [0.2, 0.25) is 0 Å². The van der Waals surface area contributed by atoms with Crippen LogP contribution in [0, 0.1) is 0 Å². The molecule has 0 amide bonds. The van der Waals surface area contributed by atoms with E-state index in [-0.39, 0.29) is 0 Å². The highest BCUT2D eigenvalue weighted by atomic mass is 15.3. The number of hydrogen-bond donors (Lipinski definition) is 1. The summed E-state index contributed by atoms with van der Waals surface area (Å²) in [6.45, 7) is 5.27. The van der Waals surface area contributed by atoms with Gasteiger partial charge in [0.1, 0.15) is 0 Å². The molecule has 1 aliphatic rings. The number of aromatic nitrogens is 2. The third kappa shape index (κ3) is 2.57. The third-order valence-corrected chi connectivity index (χ3v) is 3.46. The molecule has 0 radical (unpaired) electrons. The van der Waals surface area contributed by atoms with Crippen molar-refractivity contribution >= 4 is 5.69 Å². The van der Waals surface area contributed by atoms with E-state index in [1.54, 1.807) is 0 Å². The van der Waals surface area contributed by atoms with E-state index >= 15 is 0 Å². The van der Waals surface area contributed by atoms with Gasteiger partial charge in [0.05, 0.1) is 11.4 Å². The minimum Gasteiger partial charge on any atom is -0.380 e. The lowest BCUT2D eigenvalue weighted by Gasteiger charge is -2.23. The molecule has 0 aliphatic heterocycles. The van der Waals surface area contributed by atoms with Gasteiger partial charge in [0.2, 0.25) is 0 Å². The van der Waals surface area contributed by atoms with E-state index in [1.165, 1.54) is 43.5 Å². The number of aryl methyl sites for hydroxylation is 2. The molecule has 0 bridgehead atoms. The van der Waals surface area contributed by atoms with E-state index in [1.807, 2.05) is 4.68 Å². The Morgan fingerprint density at radius 3 is 2.69 bits per heavy atom. The van der Waals surface area contributed by atoms with Crippen molar-refractivity contribution in [2.24, 2.45) is 0 Å². The predicted molar refractivity (Wildman–Crippen MR) is 67.8 cm³/mol. The van der Waals surface area contributed by atoms with Gasteiger partial charge in [0.15, 0.2) is 0 Å². The van der Waals surface area contributed by atoms with E-state index < -0.39 is 0 Å². The van der Waals surface area contributed by atoms with Gasteiger partial charge in [-0.05, 0) is 26.2 Å². The summed E-state index contributed by atoms with van der Waals surface area (Å²) in [5.41, 5.74) is 2.48. The Morgan fingerprint density at radius 1 is 1.31 bits per heavy atom. The van der Waals surface area contributed by atoms with Crippen molar-refractivity contribution < 1.29 is 0 Å². The Kier molecular flexibility index (Phi) is 3.86. The molecule has 3 heteroatoms. The topological polar surface area (TPSA) is 29.9 Å². The SMILES string of the molecule is CCc1nn(CC)cc1NC1CCCCC1. The van der Waals surface area contributed by atoms with Crippen molar-refractivity contribution in [3.63, 3.8) is 0 Å². The lowest BCUT2D eigenvalue weighted by atomic mass is 9.95. The van der Waals surface area contributed by atoms with Crippen LogP contribution in [-0.2, 0) is 13.0 Å². The maximum Gasteiger partial charge on any atom is 0.0853 e. The summed E-state index contributed by atoms with van der Waals surface area (Å²) in [5, 5.41) is 8.24. The molecule has 1 fully saturated rings. The highest BCUT2D eigenvalue weighted by molar-refractivity contribution is 5.47. The molecule has 1 aromatic rings. The summed E-state index contributed by atoms with van der Waals surface area (Å²) < 4.78 is 2.03. The summed E-state index contributed by atoms with van der Waals surface area (Å²) in [5.74, 6) is 0. The third-order valence-electron chi connectivity index (χ3n) is 3.46. The lowest BCUT2D eigenvalue weighted by Crippen LogP contribution is -2.22. The van der Waals surface area contributed by atoms with Gasteiger partial charge in [-0.2, -0.15) is 5.10 Å². The van der Waals surface area contributed by atoms with E-state index in [2.05, 4.69) is 30.5 Å². The molecular formula is C13H23N3. The van der Waals surface area contributed by atoms with Crippen molar-refractivity contribution in [3.05, 3.63) is 11.9 Å². The zero-order valence-electron chi connectivity index (χ0n) is 10.5. The summed E-state index contributed by atoms with van der Waals surface area (Å²) in [4.78, 5) is 0. The van der Waals surface area contributed by atoms with E-state index in [9.17, 15) is 0 Å². The quantitative estimate of drug-likeness (QED) is 0.846. The van der Waals surface area contributed by atoms with Gasteiger partial charge in [-0.1, -0.05) is 26.2 Å². The van der Waals surface area contributed by atoms with Gasteiger partial charge >= 0.3 is 0 Å². The lowest BCUT2D eigenvalue weighted by molar-refractivity contribution is 0.462. The minimum absolute atomic E-state index is 0.675. The number of anilines is 1. The molecule has 3 nitrogen and oxygen atoms in total. The highest BCUT2D eigenvalue weighted by Crippen LogP contribution is 2.23. The monoisotopic (exact) mass is 221 g/mol. The van der Waals surface area contributed by atoms with Crippen LogP contribution >= 0.6 is 0 Å². The number of hydrogen-bond acceptors (Lipinski definition) is 2. The first-order valence-corrected chi connectivity index (χ1v) is 6.66. The minimum atomic E-state index is 0.675. The van der Waals surface area contributed by atoms with Crippen LogP contribution in [0.1, 0.15) is 51.6 Å². The molecule has 1 heterocycles. The molecule has 1 saturated carbocycles. The summed E-state index contributed by atoms with van der Waals surface area (Å²) >= 11 is 0. The summed E-state index contributed by atoms with van der Waals surface area (Å²) in [6, 6.07) is 0.675. The average Bonchev–Trinajstić information content (AvgIpc) is 2.73. The van der Waals surface area contributed by atoms with Crippen LogP contribution in [0.5, 0.6) is 0 Å². The Labute approximate surface area is 98.2 Å². The second-order valence-corrected chi connectivity index (χ2v) is 4.68. The van der Waals surface area contributed by atoms with Crippen molar-refractivity contribution in [2.75, 3.05) is 5.32 Å². The van der Waals surface area contributed by atoms with Crippen molar-refractivity contribution in [3.8, 4) is 0 Å². The molecular weight excluding hydrogens is 198 g/mol. The first kappa shape index (κ1) is 11.5. The molecule has 0 atom stereocenters. The van der Waals surface area contributed by atoms with E-state index in [0.29, 0.717) is 6.04 Å². The van der Waals surface area contributed by atoms with Crippen LogP contribution in [-0.4, -0.2) is 15.8 Å². The van der Waals surface area contributed by atoms with Crippen molar-refractivity contribution in [1.29, 1.82) is 0 Å². The van der Waals surface area contributed by atoms with Gasteiger partial charge in [-0.15, -0.1) is 0 Å². The molecule has 1 aromatic heterocycles. The summed E-state index contributed by atoms with van der Waals surface area (Å²) in [6.07, 6.45) is 9.98. The fraction of sp³-hybridized carbons (Fsp3) is 0.769. The second kappa shape index (κ2) is 5.37. The zero-order chi connectivity index (χ0) is 11.4. The van der Waals surface area contributed by atoms with Crippen LogP contribution < -0.4 is 5.32 Å². The maximum absolute atomic E-state index is 4.57. The Hall–Kier alpha value is -0.990. The van der Waals surface area contributed by atoms with Gasteiger partial charge in [0, 0.05) is 18.8 Å². The molecule has 1 aliphatic carbocycles. The normalized spacial score (nSPS) is 17.6. The first-order valence-electron chi connectivity index (χ1n) is 6.66. The molecule has 90 valence electrons. The highest BCUT2D eigenvalue weighted by Gasteiger charge is 2.15. The van der Waals surface area contributed by atoms with Crippen LogP contribution in [0.4, 0.5) is 5.69 Å². The molecule has 0 spiro atoms. The van der Waals surface area contributed by atoms with Crippen LogP contribution in [0.25, 0.3) is 0 Å². The first-order chi connectivity index (χ1) is 7.83. The number of rotatable bonds is 4. The average molecular weight is 221 g/mol. The van der Waals surface area contributed by atoms with E-state index in [0.717, 1.165) is 13.0 Å². The zero-order valence-corrected chi connectivity index (χ0v) is 10.5. The van der Waals surface area contributed by atoms with Crippen LogP contribution in [0.3, 0.4) is 0 Å². The fourth-order valence-electron chi connectivity index (χ4n) is 2.47. The van der Waals surface area contributed by atoms with E-state index in [4.69, 9.17) is 0 Å². The largest absolute Gasteiger partial charge is 0.380 e. The molecule has 16 heavy (non-hydrogen) atoms. The Balaban J connectivity index is 2.03. The van der Waals surface area contributed by atoms with Gasteiger partial charge < -0.3 is 5.32 Å². The molecule has 2 rings (SSSR count). The molecule has 1 N–H and O–H groups in total. The standard InChI is InChI=1S/C13H23N3/c1-3-12-13(10-16(4-2)15-12)14-11-8-6-5-7-9-11/h10-11,14H,3-9H2,1-2H3. The smallest absolute Gasteiger partial charge is 0.0853 e. The molecule has 0 unspecified atom stereocenters. The fourth-order valence-corrected chi connectivity index (χ4v) is 2.47. The molecule has 0 saturated heterocycles. The maximum atomic E-state index is 4.57. The van der Waals surface area contributed by atoms with Gasteiger partial charge in [-0.25, -0.2) is 0 Å². The van der Waals surface area contributed by atoms with Gasteiger partial charge in [0.25, 0.3) is 0 Å². The Bertz CT molecular complexity index is 324. The number of nitrogens with zero attached hydrogens (tertiary/aromatic N) is 2. The van der Waals surface area contributed by atoms with Gasteiger partial charge in [-0.3, -0.25) is 4.68 Å².